The zero-order chi connectivity index (χ0) is 11.6. The molecule has 0 saturated carbocycles. The lowest BCUT2D eigenvalue weighted by atomic mass is 9.65. The maximum Gasteiger partial charge on any atom is 0.309 e. The fourth-order valence-electron chi connectivity index (χ4n) is 1.02. The van der Waals surface area contributed by atoms with E-state index in [1.807, 2.05) is 0 Å². The van der Waals surface area contributed by atoms with Crippen molar-refractivity contribution in [3.63, 3.8) is 0 Å². The summed E-state index contributed by atoms with van der Waals surface area (Å²) in [4.78, 5) is 21.4. The Morgan fingerprint density at radius 1 is 1.07 bits per heavy atom. The molecule has 0 heterocycles. The van der Waals surface area contributed by atoms with Crippen LogP contribution in [-0.2, 0) is 9.59 Å². The Bertz CT molecular complexity index is 241. The summed E-state index contributed by atoms with van der Waals surface area (Å²) in [6.45, 7) is 6.81. The SMILES string of the molecule is CC(C)(CCC(=O)O)C(C)(C)C(=O)O. The number of rotatable bonds is 5. The van der Waals surface area contributed by atoms with Crippen molar-refractivity contribution in [2.45, 2.75) is 40.5 Å². The molecule has 0 aliphatic carbocycles. The maximum absolute atomic E-state index is 11.0. The van der Waals surface area contributed by atoms with Gasteiger partial charge in [-0.3, -0.25) is 9.59 Å². The van der Waals surface area contributed by atoms with Gasteiger partial charge in [-0.15, -0.1) is 0 Å². The molecule has 0 aromatic rings. The molecule has 0 bridgehead atoms. The van der Waals surface area contributed by atoms with E-state index in [2.05, 4.69) is 0 Å². The lowest BCUT2D eigenvalue weighted by molar-refractivity contribution is -0.155. The van der Waals surface area contributed by atoms with Gasteiger partial charge < -0.3 is 10.2 Å². The second-order valence-electron chi connectivity index (χ2n) is 4.71. The average Bonchev–Trinajstić information content (AvgIpc) is 2.00. The summed E-state index contributed by atoms with van der Waals surface area (Å²) < 4.78 is 0. The van der Waals surface area contributed by atoms with Crippen molar-refractivity contribution < 1.29 is 19.8 Å². The van der Waals surface area contributed by atoms with Crippen LogP contribution in [0, 0.1) is 10.8 Å². The number of aliphatic carboxylic acids is 2. The van der Waals surface area contributed by atoms with Gasteiger partial charge in [0.1, 0.15) is 0 Å². The van der Waals surface area contributed by atoms with E-state index in [0.29, 0.717) is 6.42 Å². The van der Waals surface area contributed by atoms with Crippen molar-refractivity contribution in [3.8, 4) is 0 Å². The topological polar surface area (TPSA) is 74.6 Å². The minimum Gasteiger partial charge on any atom is -0.481 e. The number of carbonyl (C=O) groups is 2. The Morgan fingerprint density at radius 3 is 1.79 bits per heavy atom. The zero-order valence-corrected chi connectivity index (χ0v) is 9.13. The highest BCUT2D eigenvalue weighted by atomic mass is 16.4. The van der Waals surface area contributed by atoms with Gasteiger partial charge in [0, 0.05) is 6.42 Å². The summed E-state index contributed by atoms with van der Waals surface area (Å²) in [7, 11) is 0. The van der Waals surface area contributed by atoms with Gasteiger partial charge in [-0.25, -0.2) is 0 Å². The number of carboxylic acid groups (broad SMARTS) is 2. The van der Waals surface area contributed by atoms with Crippen LogP contribution < -0.4 is 0 Å². The minimum absolute atomic E-state index is 0.00368. The molecule has 82 valence electrons. The first-order valence-corrected chi connectivity index (χ1v) is 4.56. The van der Waals surface area contributed by atoms with Crippen molar-refractivity contribution in [2.75, 3.05) is 0 Å². The maximum atomic E-state index is 11.0. The van der Waals surface area contributed by atoms with Crippen molar-refractivity contribution >= 4 is 11.9 Å². The summed E-state index contributed by atoms with van der Waals surface area (Å²) in [6.07, 6.45) is 0.366. The standard InChI is InChI=1S/C10H18O4/c1-9(2,6-5-7(11)12)10(3,4)8(13)14/h5-6H2,1-4H3,(H,11,12)(H,13,14). The molecular weight excluding hydrogens is 184 g/mol. The molecule has 0 aliphatic rings. The fourth-order valence-corrected chi connectivity index (χ4v) is 1.02. The second kappa shape index (κ2) is 3.98. The molecule has 0 rings (SSSR count). The smallest absolute Gasteiger partial charge is 0.309 e. The van der Waals surface area contributed by atoms with Gasteiger partial charge in [0.15, 0.2) is 0 Å². The molecule has 0 fully saturated rings. The molecule has 0 aliphatic heterocycles. The van der Waals surface area contributed by atoms with E-state index >= 15 is 0 Å². The Hall–Kier alpha value is -1.06. The van der Waals surface area contributed by atoms with Gasteiger partial charge in [-0.2, -0.15) is 0 Å². The Kier molecular flexibility index (Phi) is 3.68. The van der Waals surface area contributed by atoms with Crippen molar-refractivity contribution in [3.05, 3.63) is 0 Å². The zero-order valence-electron chi connectivity index (χ0n) is 9.13. The second-order valence-corrected chi connectivity index (χ2v) is 4.71. The van der Waals surface area contributed by atoms with Gasteiger partial charge in [0.2, 0.25) is 0 Å². The van der Waals surface area contributed by atoms with Crippen LogP contribution in [0.15, 0.2) is 0 Å². The molecule has 0 radical (unpaired) electrons. The van der Waals surface area contributed by atoms with Crippen LogP contribution in [0.4, 0.5) is 0 Å². The molecule has 0 amide bonds. The van der Waals surface area contributed by atoms with Crippen molar-refractivity contribution in [2.24, 2.45) is 10.8 Å². The minimum atomic E-state index is -0.914. The molecule has 0 atom stereocenters. The normalized spacial score (nSPS) is 12.6. The van der Waals surface area contributed by atoms with E-state index in [1.54, 1.807) is 27.7 Å². The van der Waals surface area contributed by atoms with Crippen LogP contribution in [-0.4, -0.2) is 22.2 Å². The molecule has 0 spiro atoms. The third-order valence-corrected chi connectivity index (χ3v) is 3.19. The van der Waals surface area contributed by atoms with Crippen molar-refractivity contribution in [1.29, 1.82) is 0 Å². The van der Waals surface area contributed by atoms with E-state index < -0.39 is 22.8 Å². The van der Waals surface area contributed by atoms with Crippen molar-refractivity contribution in [1.82, 2.24) is 0 Å². The first kappa shape index (κ1) is 12.9. The van der Waals surface area contributed by atoms with Gasteiger partial charge in [0.05, 0.1) is 5.41 Å². The molecule has 4 heteroatoms. The highest BCUT2D eigenvalue weighted by molar-refractivity contribution is 5.75. The average molecular weight is 202 g/mol. The lowest BCUT2D eigenvalue weighted by Crippen LogP contribution is -2.39. The molecule has 0 unspecified atom stereocenters. The predicted octanol–water partition coefficient (Wildman–Crippen LogP) is 1.99. The monoisotopic (exact) mass is 202 g/mol. The first-order chi connectivity index (χ1) is 6.11. The van der Waals surface area contributed by atoms with Crippen LogP contribution >= 0.6 is 0 Å². The quantitative estimate of drug-likeness (QED) is 0.714. The Morgan fingerprint density at radius 2 is 1.50 bits per heavy atom. The third kappa shape index (κ3) is 2.72. The highest BCUT2D eigenvalue weighted by Gasteiger charge is 2.43. The first-order valence-electron chi connectivity index (χ1n) is 4.56. The van der Waals surface area contributed by atoms with Gasteiger partial charge in [-0.1, -0.05) is 13.8 Å². The van der Waals surface area contributed by atoms with E-state index in [9.17, 15) is 9.59 Å². The van der Waals surface area contributed by atoms with Crippen LogP contribution in [0.3, 0.4) is 0 Å². The van der Waals surface area contributed by atoms with Gasteiger partial charge in [-0.05, 0) is 25.7 Å². The van der Waals surface area contributed by atoms with Crippen LogP contribution in [0.2, 0.25) is 0 Å². The summed E-state index contributed by atoms with van der Waals surface area (Å²) >= 11 is 0. The summed E-state index contributed by atoms with van der Waals surface area (Å²) in [5, 5.41) is 17.5. The Labute approximate surface area is 83.9 Å². The highest BCUT2D eigenvalue weighted by Crippen LogP contribution is 2.42. The predicted molar refractivity (Wildman–Crippen MR) is 52.1 cm³/mol. The molecular formula is C10H18O4. The molecule has 4 nitrogen and oxygen atoms in total. The third-order valence-electron chi connectivity index (χ3n) is 3.19. The van der Waals surface area contributed by atoms with Gasteiger partial charge >= 0.3 is 11.9 Å². The number of hydrogen-bond donors (Lipinski definition) is 2. The van der Waals surface area contributed by atoms with Crippen LogP contribution in [0.5, 0.6) is 0 Å². The Balaban J connectivity index is 4.59. The van der Waals surface area contributed by atoms with Gasteiger partial charge in [0.25, 0.3) is 0 Å². The molecule has 0 saturated heterocycles. The number of hydrogen-bond acceptors (Lipinski definition) is 2. The van der Waals surface area contributed by atoms with E-state index in [1.165, 1.54) is 0 Å². The summed E-state index contributed by atoms with van der Waals surface area (Å²) in [6, 6.07) is 0. The molecule has 2 N–H and O–H groups in total. The molecule has 14 heavy (non-hydrogen) atoms. The van der Waals surface area contributed by atoms with E-state index in [4.69, 9.17) is 10.2 Å². The van der Waals surface area contributed by atoms with Crippen LogP contribution in [0.25, 0.3) is 0 Å². The fraction of sp³-hybridized carbons (Fsp3) is 0.800. The largest absolute Gasteiger partial charge is 0.481 e. The van der Waals surface area contributed by atoms with E-state index in [0.717, 1.165) is 0 Å². The molecule has 0 aromatic heterocycles. The van der Waals surface area contributed by atoms with E-state index in [-0.39, 0.29) is 6.42 Å². The molecule has 0 aromatic carbocycles. The summed E-state index contributed by atoms with van der Waals surface area (Å²) in [5.41, 5.74) is -1.44. The van der Waals surface area contributed by atoms with Crippen LogP contribution in [0.1, 0.15) is 40.5 Å². The lowest BCUT2D eigenvalue weighted by Gasteiger charge is -2.37. The number of carboxylic acids is 2. The summed E-state index contributed by atoms with van der Waals surface area (Å²) in [5.74, 6) is -1.79.